The average molecular weight is 343 g/mol. The SMILES string of the molecule is Cc1ccccc1-n1c(C=O)nc2ccc(Br)cc2c1=O. The van der Waals surface area contributed by atoms with Crippen LogP contribution in [0.3, 0.4) is 0 Å². The molecule has 0 fully saturated rings. The number of hydrogen-bond donors (Lipinski definition) is 0. The fraction of sp³-hybridized carbons (Fsp3) is 0.0625. The topological polar surface area (TPSA) is 52.0 Å². The second kappa shape index (κ2) is 5.26. The van der Waals surface area contributed by atoms with E-state index in [1.807, 2.05) is 25.1 Å². The average Bonchev–Trinajstić information content (AvgIpc) is 2.49. The highest BCUT2D eigenvalue weighted by atomic mass is 79.9. The largest absolute Gasteiger partial charge is 0.294 e. The molecule has 0 aliphatic heterocycles. The lowest BCUT2D eigenvalue weighted by molar-refractivity contribution is 0.111. The summed E-state index contributed by atoms with van der Waals surface area (Å²) < 4.78 is 2.15. The van der Waals surface area contributed by atoms with E-state index in [0.29, 0.717) is 22.9 Å². The third-order valence-electron chi connectivity index (χ3n) is 3.32. The lowest BCUT2D eigenvalue weighted by Crippen LogP contribution is -2.24. The number of aldehydes is 1. The molecule has 0 saturated carbocycles. The van der Waals surface area contributed by atoms with Crippen LogP contribution in [0.15, 0.2) is 51.7 Å². The molecule has 0 radical (unpaired) electrons. The van der Waals surface area contributed by atoms with Crippen LogP contribution in [0.5, 0.6) is 0 Å². The quantitative estimate of drug-likeness (QED) is 0.671. The van der Waals surface area contributed by atoms with Gasteiger partial charge in [0.05, 0.1) is 16.6 Å². The van der Waals surface area contributed by atoms with Crippen LogP contribution in [0.2, 0.25) is 0 Å². The Kier molecular flexibility index (Phi) is 3.43. The summed E-state index contributed by atoms with van der Waals surface area (Å²) in [5.41, 5.74) is 1.82. The number of hydrogen-bond acceptors (Lipinski definition) is 3. The lowest BCUT2D eigenvalue weighted by atomic mass is 10.2. The Morgan fingerprint density at radius 3 is 2.67 bits per heavy atom. The summed E-state index contributed by atoms with van der Waals surface area (Å²) in [7, 11) is 0. The zero-order valence-corrected chi connectivity index (χ0v) is 12.8. The number of carbonyl (C=O) groups is 1. The fourth-order valence-corrected chi connectivity index (χ4v) is 2.66. The standard InChI is InChI=1S/C16H11BrN2O2/c1-10-4-2-3-5-14(10)19-15(9-20)18-13-7-6-11(17)8-12(13)16(19)21/h2-9H,1H3. The van der Waals surface area contributed by atoms with Crippen LogP contribution in [0.4, 0.5) is 0 Å². The van der Waals surface area contributed by atoms with Gasteiger partial charge in [-0.25, -0.2) is 4.98 Å². The molecule has 104 valence electrons. The van der Waals surface area contributed by atoms with Crippen LogP contribution in [-0.2, 0) is 0 Å². The van der Waals surface area contributed by atoms with Gasteiger partial charge in [0.15, 0.2) is 12.1 Å². The maximum atomic E-state index is 12.8. The number of aromatic nitrogens is 2. The van der Waals surface area contributed by atoms with Crippen molar-refractivity contribution >= 4 is 33.1 Å². The van der Waals surface area contributed by atoms with Crippen LogP contribution in [0.1, 0.15) is 16.2 Å². The summed E-state index contributed by atoms with van der Waals surface area (Å²) in [6.45, 7) is 1.89. The monoisotopic (exact) mass is 342 g/mol. The Morgan fingerprint density at radius 2 is 1.95 bits per heavy atom. The highest BCUT2D eigenvalue weighted by molar-refractivity contribution is 9.10. The molecule has 0 spiro atoms. The van der Waals surface area contributed by atoms with Crippen molar-refractivity contribution in [1.82, 2.24) is 9.55 Å². The van der Waals surface area contributed by atoms with E-state index in [9.17, 15) is 9.59 Å². The van der Waals surface area contributed by atoms with Crippen molar-refractivity contribution in [2.45, 2.75) is 6.92 Å². The molecule has 0 amide bonds. The number of benzene rings is 2. The Labute approximate surface area is 129 Å². The number of nitrogens with zero attached hydrogens (tertiary/aromatic N) is 2. The molecule has 2 aromatic carbocycles. The summed E-state index contributed by atoms with van der Waals surface area (Å²) in [6.07, 6.45) is 0.606. The van der Waals surface area contributed by atoms with Gasteiger partial charge in [-0.15, -0.1) is 0 Å². The molecule has 3 rings (SSSR count). The summed E-state index contributed by atoms with van der Waals surface area (Å²) in [4.78, 5) is 28.4. The van der Waals surface area contributed by atoms with E-state index in [4.69, 9.17) is 0 Å². The molecule has 0 saturated heterocycles. The molecule has 0 aliphatic carbocycles. The van der Waals surface area contributed by atoms with Crippen molar-refractivity contribution in [3.63, 3.8) is 0 Å². The summed E-state index contributed by atoms with van der Waals surface area (Å²) in [5, 5.41) is 0.471. The Hall–Kier alpha value is -2.27. The van der Waals surface area contributed by atoms with Crippen LogP contribution >= 0.6 is 15.9 Å². The van der Waals surface area contributed by atoms with Crippen molar-refractivity contribution in [1.29, 1.82) is 0 Å². The number of fused-ring (bicyclic) bond motifs is 1. The predicted octanol–water partition coefficient (Wildman–Crippen LogP) is 3.27. The van der Waals surface area contributed by atoms with Gasteiger partial charge in [0, 0.05) is 4.47 Å². The second-order valence-corrected chi connectivity index (χ2v) is 5.59. The van der Waals surface area contributed by atoms with Gasteiger partial charge in [0.1, 0.15) is 0 Å². The van der Waals surface area contributed by atoms with Gasteiger partial charge in [-0.3, -0.25) is 14.2 Å². The zero-order valence-electron chi connectivity index (χ0n) is 11.2. The Balaban J connectivity index is 2.47. The number of aryl methyl sites for hydroxylation is 1. The first-order chi connectivity index (χ1) is 10.1. The van der Waals surface area contributed by atoms with Gasteiger partial charge in [-0.05, 0) is 36.8 Å². The first kappa shape index (κ1) is 13.7. The van der Waals surface area contributed by atoms with Crippen molar-refractivity contribution in [3.8, 4) is 5.69 Å². The third-order valence-corrected chi connectivity index (χ3v) is 3.81. The van der Waals surface area contributed by atoms with E-state index < -0.39 is 0 Å². The Bertz CT molecular complexity index is 916. The van der Waals surface area contributed by atoms with Crippen LogP contribution in [0.25, 0.3) is 16.6 Å². The summed E-state index contributed by atoms with van der Waals surface area (Å²) in [5.74, 6) is 0.101. The van der Waals surface area contributed by atoms with Crippen LogP contribution < -0.4 is 5.56 Å². The fourth-order valence-electron chi connectivity index (χ4n) is 2.30. The molecule has 1 aromatic heterocycles. The molecule has 0 bridgehead atoms. The van der Waals surface area contributed by atoms with E-state index >= 15 is 0 Å². The number of para-hydroxylation sites is 1. The molecule has 1 heterocycles. The van der Waals surface area contributed by atoms with Gasteiger partial charge in [0.25, 0.3) is 5.56 Å². The predicted molar refractivity (Wildman–Crippen MR) is 85.2 cm³/mol. The van der Waals surface area contributed by atoms with E-state index in [0.717, 1.165) is 10.0 Å². The normalized spacial score (nSPS) is 10.8. The molecule has 21 heavy (non-hydrogen) atoms. The Morgan fingerprint density at radius 1 is 1.19 bits per heavy atom. The molecular formula is C16H11BrN2O2. The minimum absolute atomic E-state index is 0.101. The lowest BCUT2D eigenvalue weighted by Gasteiger charge is -2.12. The first-order valence-electron chi connectivity index (χ1n) is 6.35. The van der Waals surface area contributed by atoms with E-state index in [1.165, 1.54) is 4.57 Å². The summed E-state index contributed by atoms with van der Waals surface area (Å²) in [6, 6.07) is 12.6. The second-order valence-electron chi connectivity index (χ2n) is 4.68. The van der Waals surface area contributed by atoms with Crippen molar-refractivity contribution in [3.05, 3.63) is 68.7 Å². The van der Waals surface area contributed by atoms with Gasteiger partial charge in [-0.2, -0.15) is 0 Å². The van der Waals surface area contributed by atoms with Crippen LogP contribution in [-0.4, -0.2) is 15.8 Å². The first-order valence-corrected chi connectivity index (χ1v) is 7.14. The molecule has 0 N–H and O–H groups in total. The number of rotatable bonds is 2. The maximum absolute atomic E-state index is 12.8. The molecule has 0 atom stereocenters. The molecule has 0 unspecified atom stereocenters. The molecular weight excluding hydrogens is 332 g/mol. The van der Waals surface area contributed by atoms with Crippen molar-refractivity contribution < 1.29 is 4.79 Å². The number of halogens is 1. The van der Waals surface area contributed by atoms with Gasteiger partial charge in [-0.1, -0.05) is 34.1 Å². The highest BCUT2D eigenvalue weighted by Crippen LogP contribution is 2.18. The molecule has 3 aromatic rings. The molecule has 0 aliphatic rings. The van der Waals surface area contributed by atoms with Crippen LogP contribution in [0, 0.1) is 6.92 Å². The third kappa shape index (κ3) is 2.29. The van der Waals surface area contributed by atoms with Gasteiger partial charge in [0.2, 0.25) is 0 Å². The molecule has 4 nitrogen and oxygen atoms in total. The minimum atomic E-state index is -0.252. The highest BCUT2D eigenvalue weighted by Gasteiger charge is 2.13. The maximum Gasteiger partial charge on any atom is 0.266 e. The summed E-state index contributed by atoms with van der Waals surface area (Å²) >= 11 is 3.35. The van der Waals surface area contributed by atoms with E-state index in [-0.39, 0.29) is 11.4 Å². The zero-order chi connectivity index (χ0) is 15.0. The minimum Gasteiger partial charge on any atom is -0.294 e. The van der Waals surface area contributed by atoms with Crippen molar-refractivity contribution in [2.75, 3.05) is 0 Å². The smallest absolute Gasteiger partial charge is 0.266 e. The van der Waals surface area contributed by atoms with E-state index in [2.05, 4.69) is 20.9 Å². The van der Waals surface area contributed by atoms with E-state index in [1.54, 1.807) is 24.3 Å². The molecule has 5 heteroatoms. The number of carbonyl (C=O) groups excluding carboxylic acids is 1. The van der Waals surface area contributed by atoms with Gasteiger partial charge >= 0.3 is 0 Å². The van der Waals surface area contributed by atoms with Gasteiger partial charge < -0.3 is 0 Å². The van der Waals surface area contributed by atoms with Crippen molar-refractivity contribution in [2.24, 2.45) is 0 Å².